The first-order valence-electron chi connectivity index (χ1n) is 4.80. The van der Waals surface area contributed by atoms with Gasteiger partial charge in [0.15, 0.2) is 0 Å². The predicted octanol–water partition coefficient (Wildman–Crippen LogP) is 6.02. The molecule has 92 valence electrons. The summed E-state index contributed by atoms with van der Waals surface area (Å²) >= 11 is 25.7. The van der Waals surface area contributed by atoms with E-state index in [1.54, 1.807) is 0 Å². The minimum atomic E-state index is -0.576. The van der Waals surface area contributed by atoms with Crippen LogP contribution in [0.4, 0.5) is 0 Å². The maximum absolute atomic E-state index is 9.33. The molecule has 0 radical (unpaired) electrons. The van der Waals surface area contributed by atoms with Gasteiger partial charge >= 0.3 is 0 Å². The Hall–Kier alpha value is -0.430. The molecule has 0 bridgehead atoms. The average Bonchev–Trinajstić information content (AvgIpc) is 2.85. The van der Waals surface area contributed by atoms with Gasteiger partial charge in [0.25, 0.3) is 0 Å². The molecule has 0 aliphatic heterocycles. The molecule has 0 aliphatic rings. The van der Waals surface area contributed by atoms with Crippen molar-refractivity contribution in [3.63, 3.8) is 0 Å². The third kappa shape index (κ3) is 2.47. The lowest BCUT2D eigenvalue weighted by Gasteiger charge is -2.14. The third-order valence-electron chi connectivity index (χ3n) is 2.44. The van der Waals surface area contributed by atoms with E-state index in [0.717, 1.165) is 5.56 Å². The summed E-state index contributed by atoms with van der Waals surface area (Å²) in [4.78, 5) is 0. The Morgan fingerprint density at radius 2 is 1.72 bits per heavy atom. The molecular formula is C12H5Cl4NS. The second-order valence-electron chi connectivity index (χ2n) is 3.50. The van der Waals surface area contributed by atoms with Gasteiger partial charge < -0.3 is 0 Å². The summed E-state index contributed by atoms with van der Waals surface area (Å²) in [7, 11) is 0. The van der Waals surface area contributed by atoms with Crippen molar-refractivity contribution in [3.05, 3.63) is 54.1 Å². The Morgan fingerprint density at radius 3 is 2.17 bits per heavy atom. The molecule has 0 fully saturated rings. The molecule has 1 atom stereocenters. The van der Waals surface area contributed by atoms with Gasteiger partial charge in [-0.15, -0.1) is 0 Å². The fourth-order valence-corrected chi connectivity index (χ4v) is 3.32. The van der Waals surface area contributed by atoms with Gasteiger partial charge in [-0.1, -0.05) is 46.4 Å². The lowest BCUT2D eigenvalue weighted by Crippen LogP contribution is -2.00. The van der Waals surface area contributed by atoms with Gasteiger partial charge in [0.2, 0.25) is 0 Å². The van der Waals surface area contributed by atoms with Crippen LogP contribution < -0.4 is 0 Å². The molecule has 0 saturated carbocycles. The first-order chi connectivity index (χ1) is 8.56. The van der Waals surface area contributed by atoms with Crippen LogP contribution in [0.25, 0.3) is 0 Å². The van der Waals surface area contributed by atoms with Crippen molar-refractivity contribution in [1.82, 2.24) is 0 Å². The van der Waals surface area contributed by atoms with Gasteiger partial charge in [0.1, 0.15) is 5.92 Å². The molecule has 1 nitrogen and oxygen atoms in total. The molecule has 0 aliphatic carbocycles. The largest absolute Gasteiger partial charge is 0.197 e. The van der Waals surface area contributed by atoms with E-state index in [4.69, 9.17) is 46.4 Å². The monoisotopic (exact) mass is 335 g/mol. The topological polar surface area (TPSA) is 23.8 Å². The molecule has 1 aromatic heterocycles. The van der Waals surface area contributed by atoms with E-state index in [1.807, 2.05) is 16.8 Å². The molecule has 1 heterocycles. The minimum absolute atomic E-state index is 0.267. The van der Waals surface area contributed by atoms with Crippen molar-refractivity contribution in [2.24, 2.45) is 0 Å². The summed E-state index contributed by atoms with van der Waals surface area (Å²) in [6.07, 6.45) is 0. The zero-order valence-electron chi connectivity index (χ0n) is 8.75. The Labute approximate surface area is 128 Å². The van der Waals surface area contributed by atoms with Crippen LogP contribution in [0.1, 0.15) is 17.0 Å². The van der Waals surface area contributed by atoms with Crippen molar-refractivity contribution in [3.8, 4) is 6.07 Å². The van der Waals surface area contributed by atoms with Crippen LogP contribution in [-0.2, 0) is 0 Å². The Kier molecular flexibility index (Phi) is 4.42. The van der Waals surface area contributed by atoms with Gasteiger partial charge in [-0.05, 0) is 28.5 Å². The highest BCUT2D eigenvalue weighted by Gasteiger charge is 2.23. The highest BCUT2D eigenvalue weighted by atomic mass is 35.5. The molecule has 1 unspecified atom stereocenters. The summed E-state index contributed by atoms with van der Waals surface area (Å²) in [6, 6.07) is 5.50. The van der Waals surface area contributed by atoms with Crippen LogP contribution in [0.15, 0.2) is 22.9 Å². The quantitative estimate of drug-likeness (QED) is 0.615. The van der Waals surface area contributed by atoms with Gasteiger partial charge in [-0.25, -0.2) is 0 Å². The van der Waals surface area contributed by atoms with Gasteiger partial charge in [0.05, 0.1) is 26.2 Å². The van der Waals surface area contributed by atoms with Crippen LogP contribution in [-0.4, -0.2) is 0 Å². The fraction of sp³-hybridized carbons (Fsp3) is 0.0833. The number of nitrogens with zero attached hydrogens (tertiary/aromatic N) is 1. The summed E-state index contributed by atoms with van der Waals surface area (Å²) in [5.41, 5.74) is 1.28. The number of thiophene rings is 1. The predicted molar refractivity (Wildman–Crippen MR) is 78.3 cm³/mol. The van der Waals surface area contributed by atoms with Gasteiger partial charge in [-0.3, -0.25) is 0 Å². The lowest BCUT2D eigenvalue weighted by atomic mass is 9.94. The van der Waals surface area contributed by atoms with Crippen molar-refractivity contribution < 1.29 is 0 Å². The number of hydrogen-bond acceptors (Lipinski definition) is 2. The van der Waals surface area contributed by atoms with Crippen LogP contribution in [0.5, 0.6) is 0 Å². The van der Waals surface area contributed by atoms with Crippen LogP contribution in [0, 0.1) is 11.3 Å². The summed E-state index contributed by atoms with van der Waals surface area (Å²) in [5.74, 6) is -0.576. The zero-order valence-corrected chi connectivity index (χ0v) is 12.6. The van der Waals surface area contributed by atoms with Crippen molar-refractivity contribution in [2.75, 3.05) is 0 Å². The average molecular weight is 337 g/mol. The first-order valence-corrected chi connectivity index (χ1v) is 7.26. The molecular weight excluding hydrogens is 332 g/mol. The second kappa shape index (κ2) is 5.69. The summed E-state index contributed by atoms with van der Waals surface area (Å²) < 4.78 is 0. The highest BCUT2D eigenvalue weighted by molar-refractivity contribution is 7.08. The van der Waals surface area contributed by atoms with Crippen LogP contribution >= 0.6 is 57.7 Å². The highest BCUT2D eigenvalue weighted by Crippen LogP contribution is 2.43. The molecule has 0 N–H and O–H groups in total. The Morgan fingerprint density at radius 1 is 1.11 bits per heavy atom. The van der Waals surface area contributed by atoms with E-state index in [2.05, 4.69) is 6.07 Å². The molecule has 18 heavy (non-hydrogen) atoms. The standard InChI is InChI=1S/C12H5Cl4NS/c13-8-3-9(14)12(16)10(11(8)15)7(4-17)6-1-2-18-5-6/h1-3,5,7H. The smallest absolute Gasteiger partial charge is 0.100 e. The molecule has 0 amide bonds. The Bertz CT molecular complexity index is 590. The van der Waals surface area contributed by atoms with Crippen LogP contribution in [0.3, 0.4) is 0 Å². The van der Waals surface area contributed by atoms with E-state index in [1.165, 1.54) is 17.4 Å². The van der Waals surface area contributed by atoms with Crippen molar-refractivity contribution in [2.45, 2.75) is 5.92 Å². The molecule has 1 aromatic carbocycles. The van der Waals surface area contributed by atoms with Crippen LogP contribution in [0.2, 0.25) is 20.1 Å². The molecule has 2 rings (SSSR count). The minimum Gasteiger partial charge on any atom is -0.197 e. The van der Waals surface area contributed by atoms with E-state index in [0.29, 0.717) is 5.56 Å². The van der Waals surface area contributed by atoms with E-state index in [-0.39, 0.29) is 20.1 Å². The van der Waals surface area contributed by atoms with E-state index in [9.17, 15) is 5.26 Å². The molecule has 2 aromatic rings. The maximum Gasteiger partial charge on any atom is 0.100 e. The number of rotatable bonds is 2. The number of benzene rings is 1. The lowest BCUT2D eigenvalue weighted by molar-refractivity contribution is 1.05. The van der Waals surface area contributed by atoms with Gasteiger partial charge in [0, 0.05) is 5.56 Å². The summed E-state index contributed by atoms with van der Waals surface area (Å²) in [5, 5.41) is 14.2. The zero-order chi connectivity index (χ0) is 13.3. The first kappa shape index (κ1) is 14.0. The molecule has 0 saturated heterocycles. The van der Waals surface area contributed by atoms with Gasteiger partial charge in [-0.2, -0.15) is 16.6 Å². The van der Waals surface area contributed by atoms with E-state index < -0.39 is 5.92 Å². The fourth-order valence-electron chi connectivity index (χ4n) is 1.59. The summed E-state index contributed by atoms with van der Waals surface area (Å²) in [6.45, 7) is 0. The number of nitriles is 1. The van der Waals surface area contributed by atoms with Crippen molar-refractivity contribution in [1.29, 1.82) is 5.26 Å². The number of hydrogen-bond donors (Lipinski definition) is 0. The van der Waals surface area contributed by atoms with Crippen molar-refractivity contribution >= 4 is 57.7 Å². The maximum atomic E-state index is 9.33. The van der Waals surface area contributed by atoms with E-state index >= 15 is 0 Å². The normalized spacial score (nSPS) is 12.2. The second-order valence-corrected chi connectivity index (χ2v) is 5.85. The molecule has 6 heteroatoms. The number of halogens is 4. The Balaban J connectivity index is 2.67. The third-order valence-corrected chi connectivity index (χ3v) is 4.75. The molecule has 0 spiro atoms. The SMILES string of the molecule is N#CC(c1ccsc1)c1c(Cl)c(Cl)cc(Cl)c1Cl.